The number of rotatable bonds is 8. The van der Waals surface area contributed by atoms with E-state index in [0.29, 0.717) is 5.56 Å². The largest absolute Gasteiger partial charge is 0.384 e. The first kappa shape index (κ1) is 22.0. The highest BCUT2D eigenvalue weighted by molar-refractivity contribution is 5.95. The number of nitrogens with one attached hydrogen (secondary N) is 3. The number of benzene rings is 2. The summed E-state index contributed by atoms with van der Waals surface area (Å²) in [5, 5.41) is 11.3. The molecular formula is C22H25N5O4. The van der Waals surface area contributed by atoms with Crippen molar-refractivity contribution in [1.29, 1.82) is 5.41 Å². The second-order valence-electron chi connectivity index (χ2n) is 7.14. The van der Waals surface area contributed by atoms with Crippen LogP contribution in [0, 0.1) is 5.41 Å². The maximum absolute atomic E-state index is 12.6. The summed E-state index contributed by atoms with van der Waals surface area (Å²) < 4.78 is 5.44. The van der Waals surface area contributed by atoms with Crippen molar-refractivity contribution in [3.8, 4) is 0 Å². The predicted molar refractivity (Wildman–Crippen MR) is 114 cm³/mol. The Kier molecular flexibility index (Phi) is 7.34. The van der Waals surface area contributed by atoms with Gasteiger partial charge < -0.3 is 15.8 Å². The van der Waals surface area contributed by atoms with E-state index in [-0.39, 0.29) is 50.2 Å². The Labute approximate surface area is 180 Å². The third-order valence-electron chi connectivity index (χ3n) is 4.77. The van der Waals surface area contributed by atoms with Crippen molar-refractivity contribution in [2.75, 3.05) is 13.2 Å². The molecule has 3 amide bonds. The van der Waals surface area contributed by atoms with Crippen molar-refractivity contribution in [1.82, 2.24) is 15.8 Å². The number of nitrogens with zero attached hydrogens (tertiary/aromatic N) is 1. The fourth-order valence-electron chi connectivity index (χ4n) is 3.11. The molecule has 0 bridgehead atoms. The summed E-state index contributed by atoms with van der Waals surface area (Å²) in [6, 6.07) is 16.2. The van der Waals surface area contributed by atoms with Crippen molar-refractivity contribution in [2.24, 2.45) is 5.73 Å². The van der Waals surface area contributed by atoms with Crippen LogP contribution in [0.25, 0.3) is 0 Å². The molecule has 0 spiro atoms. The van der Waals surface area contributed by atoms with E-state index < -0.39 is 12.0 Å². The average Bonchev–Trinajstić information content (AvgIpc) is 2.76. The molecule has 2 aromatic rings. The number of amidine groups is 1. The van der Waals surface area contributed by atoms with Crippen LogP contribution in [0.3, 0.4) is 0 Å². The maximum atomic E-state index is 12.6. The van der Waals surface area contributed by atoms with Gasteiger partial charge in [0.05, 0.1) is 26.0 Å². The molecule has 9 nitrogen and oxygen atoms in total. The van der Waals surface area contributed by atoms with Gasteiger partial charge in [-0.1, -0.05) is 54.6 Å². The quantitative estimate of drug-likeness (QED) is 0.361. The van der Waals surface area contributed by atoms with Crippen LogP contribution >= 0.6 is 0 Å². The molecule has 0 saturated carbocycles. The van der Waals surface area contributed by atoms with Gasteiger partial charge in [-0.3, -0.25) is 25.2 Å². The number of ether oxygens (including phenoxy) is 1. The first-order valence-electron chi connectivity index (χ1n) is 9.89. The number of carbonyl (C=O) groups excluding carboxylic acids is 3. The summed E-state index contributed by atoms with van der Waals surface area (Å²) in [5.74, 6) is -1.12. The lowest BCUT2D eigenvalue weighted by Gasteiger charge is -2.32. The van der Waals surface area contributed by atoms with E-state index in [2.05, 4.69) is 10.7 Å². The van der Waals surface area contributed by atoms with E-state index in [1.165, 1.54) is 5.01 Å². The van der Waals surface area contributed by atoms with Gasteiger partial charge >= 0.3 is 0 Å². The van der Waals surface area contributed by atoms with E-state index in [0.717, 1.165) is 11.1 Å². The fourth-order valence-corrected chi connectivity index (χ4v) is 3.11. The number of morpholine rings is 1. The Bertz CT molecular complexity index is 946. The molecule has 5 N–H and O–H groups in total. The van der Waals surface area contributed by atoms with Crippen LogP contribution in [0.5, 0.6) is 0 Å². The molecule has 1 saturated heterocycles. The van der Waals surface area contributed by atoms with Gasteiger partial charge in [-0.05, 0) is 11.1 Å². The fraction of sp³-hybridized carbons (Fsp3) is 0.273. The minimum atomic E-state index is -0.953. The Hall–Kier alpha value is -3.72. The summed E-state index contributed by atoms with van der Waals surface area (Å²) in [6.45, 7) is 0.719. The molecule has 9 heteroatoms. The molecule has 0 aromatic heterocycles. The number of nitrogens with two attached hydrogens (primary N) is 1. The van der Waals surface area contributed by atoms with E-state index in [1.54, 1.807) is 24.3 Å². The second-order valence-corrected chi connectivity index (χ2v) is 7.14. The standard InChI is InChI=1S/C22H25N5O4/c23-21(24)17-8-6-16(7-9-17)14-25-19(28)13-18-22(30)27(10-11-31-18)26-20(29)12-15-4-2-1-3-5-15/h1-9,18H,10-14H2,(H3,23,24)(H,25,28)(H,26,29). The zero-order valence-electron chi connectivity index (χ0n) is 17.0. The zero-order valence-corrected chi connectivity index (χ0v) is 17.0. The lowest BCUT2D eigenvalue weighted by Crippen LogP contribution is -2.56. The minimum absolute atomic E-state index is 0.0241. The van der Waals surface area contributed by atoms with Gasteiger partial charge in [0.15, 0.2) is 0 Å². The van der Waals surface area contributed by atoms with E-state index in [4.69, 9.17) is 15.9 Å². The van der Waals surface area contributed by atoms with Crippen LogP contribution in [0.1, 0.15) is 23.1 Å². The van der Waals surface area contributed by atoms with Gasteiger partial charge in [-0.2, -0.15) is 0 Å². The van der Waals surface area contributed by atoms with Crippen LogP contribution < -0.4 is 16.5 Å². The molecule has 1 unspecified atom stereocenters. The average molecular weight is 423 g/mol. The molecular weight excluding hydrogens is 398 g/mol. The molecule has 2 aromatic carbocycles. The molecule has 1 aliphatic heterocycles. The summed E-state index contributed by atoms with van der Waals surface area (Å²) >= 11 is 0. The Balaban J connectivity index is 1.47. The van der Waals surface area contributed by atoms with Gasteiger partial charge in [-0.15, -0.1) is 0 Å². The van der Waals surface area contributed by atoms with E-state index in [1.807, 2.05) is 30.3 Å². The molecule has 1 fully saturated rings. The smallest absolute Gasteiger partial charge is 0.270 e. The number of nitrogen functional groups attached to an aromatic ring is 1. The summed E-state index contributed by atoms with van der Waals surface area (Å²) in [7, 11) is 0. The second kappa shape index (κ2) is 10.4. The van der Waals surface area contributed by atoms with Crippen molar-refractivity contribution in [2.45, 2.75) is 25.5 Å². The van der Waals surface area contributed by atoms with Crippen LogP contribution in [-0.2, 0) is 32.1 Å². The summed E-state index contributed by atoms with van der Waals surface area (Å²) in [6.07, 6.45) is -0.945. The molecule has 31 heavy (non-hydrogen) atoms. The first-order chi connectivity index (χ1) is 14.9. The minimum Gasteiger partial charge on any atom is -0.384 e. The Morgan fingerprint density at radius 1 is 1.06 bits per heavy atom. The highest BCUT2D eigenvalue weighted by Gasteiger charge is 2.32. The Morgan fingerprint density at radius 2 is 1.77 bits per heavy atom. The molecule has 0 radical (unpaired) electrons. The lowest BCUT2D eigenvalue weighted by molar-refractivity contribution is -0.162. The molecule has 1 heterocycles. The Morgan fingerprint density at radius 3 is 2.45 bits per heavy atom. The highest BCUT2D eigenvalue weighted by atomic mass is 16.5. The summed E-state index contributed by atoms with van der Waals surface area (Å²) in [4.78, 5) is 37.1. The van der Waals surface area contributed by atoms with Gasteiger partial charge in [0.1, 0.15) is 11.9 Å². The van der Waals surface area contributed by atoms with Gasteiger partial charge in [0.2, 0.25) is 11.8 Å². The van der Waals surface area contributed by atoms with Crippen molar-refractivity contribution in [3.05, 3.63) is 71.3 Å². The topological polar surface area (TPSA) is 138 Å². The van der Waals surface area contributed by atoms with Crippen LogP contribution in [0.4, 0.5) is 0 Å². The third-order valence-corrected chi connectivity index (χ3v) is 4.77. The van der Waals surface area contributed by atoms with Crippen LogP contribution in [0.2, 0.25) is 0 Å². The predicted octanol–water partition coefficient (Wildman–Crippen LogP) is 0.478. The van der Waals surface area contributed by atoms with Crippen molar-refractivity contribution >= 4 is 23.6 Å². The zero-order chi connectivity index (χ0) is 22.2. The van der Waals surface area contributed by atoms with Crippen LogP contribution in [-0.4, -0.2) is 47.8 Å². The third kappa shape index (κ3) is 6.38. The highest BCUT2D eigenvalue weighted by Crippen LogP contribution is 2.10. The van der Waals surface area contributed by atoms with E-state index >= 15 is 0 Å². The molecule has 0 aliphatic carbocycles. The monoisotopic (exact) mass is 423 g/mol. The van der Waals surface area contributed by atoms with Gasteiger partial charge in [0, 0.05) is 12.1 Å². The molecule has 1 atom stereocenters. The maximum Gasteiger partial charge on any atom is 0.270 e. The summed E-state index contributed by atoms with van der Waals surface area (Å²) in [5.41, 5.74) is 10.3. The van der Waals surface area contributed by atoms with E-state index in [9.17, 15) is 14.4 Å². The molecule has 1 aliphatic rings. The van der Waals surface area contributed by atoms with Crippen LogP contribution in [0.15, 0.2) is 54.6 Å². The number of hydrazine groups is 1. The first-order valence-corrected chi connectivity index (χ1v) is 9.89. The van der Waals surface area contributed by atoms with Crippen molar-refractivity contribution in [3.63, 3.8) is 0 Å². The lowest BCUT2D eigenvalue weighted by atomic mass is 10.1. The number of hydrogen-bond donors (Lipinski definition) is 4. The molecule has 162 valence electrons. The number of carbonyl (C=O) groups is 3. The number of hydrogen-bond acceptors (Lipinski definition) is 5. The van der Waals surface area contributed by atoms with Gasteiger partial charge in [0.25, 0.3) is 5.91 Å². The van der Waals surface area contributed by atoms with Crippen molar-refractivity contribution < 1.29 is 19.1 Å². The normalized spacial score (nSPS) is 15.9. The molecule has 3 rings (SSSR count). The number of amides is 3. The SMILES string of the molecule is N=C(N)c1ccc(CNC(=O)CC2OCCN(NC(=O)Cc3ccccc3)C2=O)cc1. The van der Waals surface area contributed by atoms with Gasteiger partial charge in [-0.25, -0.2) is 5.01 Å².